The number of benzene rings is 1. The van der Waals surface area contributed by atoms with Crippen molar-refractivity contribution in [2.45, 2.75) is 45.8 Å². The molecule has 2 heterocycles. The molecule has 3 rings (SSSR count). The van der Waals surface area contributed by atoms with Gasteiger partial charge in [-0.2, -0.15) is 9.78 Å². The summed E-state index contributed by atoms with van der Waals surface area (Å²) < 4.78 is 12.0. The summed E-state index contributed by atoms with van der Waals surface area (Å²) in [7, 11) is 1.57. The van der Waals surface area contributed by atoms with Gasteiger partial charge in [-0.15, -0.1) is 0 Å². The molecule has 0 unspecified atom stereocenters. The molecule has 8 nitrogen and oxygen atoms in total. The molecule has 0 atom stereocenters. The Morgan fingerprint density at radius 1 is 1.25 bits per heavy atom. The molecule has 2 aromatic rings. The quantitative estimate of drug-likeness (QED) is 0.870. The van der Waals surface area contributed by atoms with E-state index in [4.69, 9.17) is 15.2 Å². The van der Waals surface area contributed by atoms with Gasteiger partial charge in [0.05, 0.1) is 25.8 Å². The van der Waals surface area contributed by atoms with Crippen LogP contribution in [0.3, 0.4) is 0 Å². The van der Waals surface area contributed by atoms with Gasteiger partial charge >= 0.3 is 6.09 Å². The summed E-state index contributed by atoms with van der Waals surface area (Å²) in [6.07, 6.45) is 0.249. The number of rotatable bonds is 3. The maximum atomic E-state index is 12.8. The molecule has 1 aliphatic heterocycles. The van der Waals surface area contributed by atoms with Crippen molar-refractivity contribution in [2.24, 2.45) is 0 Å². The predicted molar refractivity (Wildman–Crippen MR) is 104 cm³/mol. The van der Waals surface area contributed by atoms with E-state index in [1.807, 2.05) is 39.0 Å². The average molecular weight is 386 g/mol. The van der Waals surface area contributed by atoms with Crippen LogP contribution in [0, 0.1) is 0 Å². The van der Waals surface area contributed by atoms with Gasteiger partial charge in [0.15, 0.2) is 0 Å². The molecule has 0 saturated heterocycles. The van der Waals surface area contributed by atoms with E-state index < -0.39 is 11.7 Å². The summed E-state index contributed by atoms with van der Waals surface area (Å²) in [4.78, 5) is 26.7. The molecule has 1 aromatic carbocycles. The number of para-hydroxylation sites is 1. The number of nitrogen functional groups attached to an aromatic ring is 1. The van der Waals surface area contributed by atoms with Crippen molar-refractivity contribution in [2.75, 3.05) is 19.4 Å². The van der Waals surface area contributed by atoms with Crippen molar-refractivity contribution in [3.8, 4) is 5.75 Å². The molecule has 1 aromatic heterocycles. The standard InChI is InChI=1S/C20H26N4O4/c1-20(2,3)28-19(26)23-10-9-14-15(12-23)22-24(18(14)21)17(25)11-13-7-5-6-8-16(13)27-4/h5-8H,9-12,21H2,1-4H3. The maximum Gasteiger partial charge on any atom is 0.410 e. The van der Waals surface area contributed by atoms with Gasteiger partial charge in [-0.3, -0.25) is 4.79 Å². The zero-order valence-electron chi connectivity index (χ0n) is 16.7. The lowest BCUT2D eigenvalue weighted by Gasteiger charge is -2.29. The molecule has 0 spiro atoms. The second-order valence-electron chi connectivity index (χ2n) is 7.76. The third-order valence-corrected chi connectivity index (χ3v) is 4.50. The number of nitrogens with two attached hydrogens (primary N) is 1. The van der Waals surface area contributed by atoms with Crippen LogP contribution in [0.15, 0.2) is 24.3 Å². The van der Waals surface area contributed by atoms with Crippen LogP contribution in [0.25, 0.3) is 0 Å². The van der Waals surface area contributed by atoms with Crippen molar-refractivity contribution in [3.05, 3.63) is 41.1 Å². The molecule has 28 heavy (non-hydrogen) atoms. The third-order valence-electron chi connectivity index (χ3n) is 4.50. The Labute approximate surface area is 164 Å². The Hall–Kier alpha value is -3.03. The number of carbonyl (C=O) groups excluding carboxylic acids is 2. The van der Waals surface area contributed by atoms with E-state index in [0.29, 0.717) is 30.2 Å². The number of methoxy groups -OCH3 is 1. The summed E-state index contributed by atoms with van der Waals surface area (Å²) in [5, 5.41) is 4.38. The monoisotopic (exact) mass is 386 g/mol. The molecule has 0 bridgehead atoms. The van der Waals surface area contributed by atoms with Crippen molar-refractivity contribution in [1.29, 1.82) is 0 Å². The van der Waals surface area contributed by atoms with Gasteiger partial charge in [0.2, 0.25) is 0 Å². The first kappa shape index (κ1) is 19.7. The van der Waals surface area contributed by atoms with E-state index in [1.54, 1.807) is 18.1 Å². The van der Waals surface area contributed by atoms with Gasteiger partial charge in [0.25, 0.3) is 5.91 Å². The van der Waals surface area contributed by atoms with Crippen molar-refractivity contribution in [3.63, 3.8) is 0 Å². The summed E-state index contributed by atoms with van der Waals surface area (Å²) >= 11 is 0. The highest BCUT2D eigenvalue weighted by molar-refractivity contribution is 5.84. The van der Waals surface area contributed by atoms with E-state index in [1.165, 1.54) is 4.68 Å². The van der Waals surface area contributed by atoms with Crippen LogP contribution in [0.1, 0.15) is 42.4 Å². The summed E-state index contributed by atoms with van der Waals surface area (Å²) in [6.45, 7) is 6.21. The van der Waals surface area contributed by atoms with Gasteiger partial charge < -0.3 is 20.1 Å². The number of carbonyl (C=O) groups is 2. The summed E-state index contributed by atoms with van der Waals surface area (Å²) in [5.41, 5.74) is 7.82. The molecule has 150 valence electrons. The van der Waals surface area contributed by atoms with E-state index >= 15 is 0 Å². The number of ether oxygens (including phenoxy) is 2. The normalized spacial score (nSPS) is 13.8. The average Bonchev–Trinajstić information content (AvgIpc) is 2.97. The van der Waals surface area contributed by atoms with Crippen LogP contribution in [0.4, 0.5) is 10.6 Å². The van der Waals surface area contributed by atoms with Crippen LogP contribution in [0.5, 0.6) is 5.75 Å². The van der Waals surface area contributed by atoms with Crippen LogP contribution >= 0.6 is 0 Å². The lowest BCUT2D eigenvalue weighted by Crippen LogP contribution is -2.39. The molecule has 8 heteroatoms. The maximum absolute atomic E-state index is 12.8. The summed E-state index contributed by atoms with van der Waals surface area (Å²) in [5.74, 6) is 0.724. The molecule has 2 N–H and O–H groups in total. The minimum atomic E-state index is -0.569. The van der Waals surface area contributed by atoms with Gasteiger partial charge in [-0.05, 0) is 33.3 Å². The first-order valence-electron chi connectivity index (χ1n) is 9.19. The minimum absolute atomic E-state index is 0.116. The Kier molecular flexibility index (Phi) is 5.31. The lowest BCUT2D eigenvalue weighted by molar-refractivity contribution is 0.0221. The highest BCUT2D eigenvalue weighted by atomic mass is 16.6. The number of aromatic nitrogens is 2. The largest absolute Gasteiger partial charge is 0.496 e. The first-order chi connectivity index (χ1) is 13.2. The van der Waals surface area contributed by atoms with Gasteiger partial charge in [0, 0.05) is 17.7 Å². The Balaban J connectivity index is 1.78. The number of amides is 1. The number of hydrogen-bond acceptors (Lipinski definition) is 6. The molecule has 0 aliphatic carbocycles. The second-order valence-corrected chi connectivity index (χ2v) is 7.76. The number of hydrogen-bond donors (Lipinski definition) is 1. The van der Waals surface area contributed by atoms with Gasteiger partial charge in [-0.25, -0.2) is 4.79 Å². The van der Waals surface area contributed by atoms with Gasteiger partial charge in [-0.1, -0.05) is 18.2 Å². The Morgan fingerprint density at radius 3 is 2.64 bits per heavy atom. The number of nitrogens with zero attached hydrogens (tertiary/aromatic N) is 3. The van der Waals surface area contributed by atoms with Crippen molar-refractivity contribution < 1.29 is 19.1 Å². The minimum Gasteiger partial charge on any atom is -0.496 e. The Bertz CT molecular complexity index is 898. The lowest BCUT2D eigenvalue weighted by atomic mass is 10.1. The topological polar surface area (TPSA) is 99.7 Å². The molecule has 1 aliphatic rings. The zero-order valence-corrected chi connectivity index (χ0v) is 16.7. The van der Waals surface area contributed by atoms with E-state index in [-0.39, 0.29) is 18.9 Å². The van der Waals surface area contributed by atoms with Crippen LogP contribution < -0.4 is 10.5 Å². The van der Waals surface area contributed by atoms with Crippen LogP contribution in [-0.4, -0.2) is 45.9 Å². The van der Waals surface area contributed by atoms with E-state index in [9.17, 15) is 9.59 Å². The molecular weight excluding hydrogens is 360 g/mol. The van der Waals surface area contributed by atoms with Crippen molar-refractivity contribution in [1.82, 2.24) is 14.7 Å². The predicted octanol–water partition coefficient (Wildman–Crippen LogP) is 2.65. The molecule has 0 saturated carbocycles. The van der Waals surface area contributed by atoms with Crippen LogP contribution in [-0.2, 0) is 24.1 Å². The van der Waals surface area contributed by atoms with E-state index in [0.717, 1.165) is 11.1 Å². The second kappa shape index (κ2) is 7.53. The van der Waals surface area contributed by atoms with Crippen molar-refractivity contribution >= 4 is 17.8 Å². The first-order valence-corrected chi connectivity index (χ1v) is 9.19. The summed E-state index contributed by atoms with van der Waals surface area (Å²) in [6, 6.07) is 7.33. The highest BCUT2D eigenvalue weighted by Gasteiger charge is 2.30. The zero-order chi connectivity index (χ0) is 20.5. The molecule has 1 amide bonds. The van der Waals surface area contributed by atoms with E-state index in [2.05, 4.69) is 5.10 Å². The third kappa shape index (κ3) is 4.11. The fourth-order valence-corrected chi connectivity index (χ4v) is 3.18. The van der Waals surface area contributed by atoms with Gasteiger partial charge in [0.1, 0.15) is 17.2 Å². The fourth-order valence-electron chi connectivity index (χ4n) is 3.18. The SMILES string of the molecule is COc1ccccc1CC(=O)n1nc2c(c1N)CCN(C(=O)OC(C)(C)C)C2. The number of anilines is 1. The molecule has 0 fully saturated rings. The number of fused-ring (bicyclic) bond motifs is 1. The molecular formula is C20H26N4O4. The fraction of sp³-hybridized carbons (Fsp3) is 0.450. The molecule has 0 radical (unpaired) electrons. The van der Waals surface area contributed by atoms with Crippen LogP contribution in [0.2, 0.25) is 0 Å². The Morgan fingerprint density at radius 2 is 1.96 bits per heavy atom. The smallest absolute Gasteiger partial charge is 0.410 e. The highest BCUT2D eigenvalue weighted by Crippen LogP contribution is 2.26.